The molecule has 0 saturated carbocycles. The highest BCUT2D eigenvalue weighted by molar-refractivity contribution is 6.30. The third-order valence-corrected chi connectivity index (χ3v) is 5.56. The van der Waals surface area contributed by atoms with Gasteiger partial charge >= 0.3 is 0 Å². The number of anilines is 1. The minimum Gasteiger partial charge on any atom is -0.368 e. The Morgan fingerprint density at radius 3 is 2.57 bits per heavy atom. The highest BCUT2D eigenvalue weighted by atomic mass is 35.5. The van der Waals surface area contributed by atoms with Crippen LogP contribution in [0.25, 0.3) is 10.9 Å². The molecule has 0 bridgehead atoms. The molecule has 2 heterocycles. The van der Waals surface area contributed by atoms with Gasteiger partial charge in [0.2, 0.25) is 0 Å². The summed E-state index contributed by atoms with van der Waals surface area (Å²) in [6.07, 6.45) is 0.436. The van der Waals surface area contributed by atoms with Crippen molar-refractivity contribution in [2.75, 3.05) is 5.32 Å². The van der Waals surface area contributed by atoms with Gasteiger partial charge in [-0.2, -0.15) is 0 Å². The molecule has 28 heavy (non-hydrogen) atoms. The molecule has 136 valence electrons. The molecule has 0 saturated heterocycles. The Labute approximate surface area is 168 Å². The lowest BCUT2D eigenvalue weighted by Crippen LogP contribution is -2.41. The third kappa shape index (κ3) is 2.67. The number of pyridine rings is 1. The van der Waals surface area contributed by atoms with Gasteiger partial charge in [0.25, 0.3) is 0 Å². The summed E-state index contributed by atoms with van der Waals surface area (Å²) in [7, 11) is 0. The fourth-order valence-corrected chi connectivity index (χ4v) is 4.16. The van der Waals surface area contributed by atoms with Crippen LogP contribution in [0.5, 0.6) is 0 Å². The lowest BCUT2D eigenvalue weighted by molar-refractivity contribution is 0.0916. The Kier molecular flexibility index (Phi) is 3.92. The Balaban J connectivity index is 1.66. The number of rotatable bonds is 3. The van der Waals surface area contributed by atoms with Crippen molar-refractivity contribution in [3.8, 4) is 0 Å². The Morgan fingerprint density at radius 1 is 0.893 bits per heavy atom. The number of nitrogens with one attached hydrogen (secondary N) is 1. The number of nitrogens with zero attached hydrogens (tertiary/aromatic N) is 1. The molecule has 4 heteroatoms. The standard InChI is InChI=1S/C24H17ClN2O/c25-18-8-5-7-17(14-18)24(23(28)20-9-2-4-11-22(20)27-24)15-19-13-12-16-6-1-3-10-21(16)26-19/h1-14,27H,15H2. The average molecular weight is 385 g/mol. The van der Waals surface area contributed by atoms with Crippen molar-refractivity contribution in [1.29, 1.82) is 0 Å². The van der Waals surface area contributed by atoms with Crippen LogP contribution in [0, 0.1) is 0 Å². The highest BCUT2D eigenvalue weighted by Gasteiger charge is 2.47. The lowest BCUT2D eigenvalue weighted by Gasteiger charge is -2.29. The van der Waals surface area contributed by atoms with E-state index in [1.54, 1.807) is 0 Å². The van der Waals surface area contributed by atoms with Gasteiger partial charge in [0.15, 0.2) is 5.78 Å². The van der Waals surface area contributed by atoms with Crippen LogP contribution in [0.3, 0.4) is 0 Å². The number of Topliss-reactive ketones (excluding diaryl/α,β-unsaturated/α-hetero) is 1. The molecule has 1 aliphatic rings. The summed E-state index contributed by atoms with van der Waals surface area (Å²) in [5, 5.41) is 5.18. The van der Waals surface area contributed by atoms with Crippen molar-refractivity contribution in [2.45, 2.75) is 12.0 Å². The Morgan fingerprint density at radius 2 is 1.71 bits per heavy atom. The second kappa shape index (κ2) is 6.47. The van der Waals surface area contributed by atoms with Gasteiger partial charge < -0.3 is 5.32 Å². The summed E-state index contributed by atoms with van der Waals surface area (Å²) >= 11 is 6.27. The van der Waals surface area contributed by atoms with E-state index in [0.717, 1.165) is 27.8 Å². The molecule has 1 aliphatic heterocycles. The van der Waals surface area contributed by atoms with Crippen LogP contribution in [-0.2, 0) is 12.0 Å². The summed E-state index contributed by atoms with van der Waals surface area (Å²) in [5.41, 5.74) is 3.23. The molecule has 0 amide bonds. The smallest absolute Gasteiger partial charge is 0.195 e. The molecule has 1 N–H and O–H groups in total. The molecule has 1 atom stereocenters. The van der Waals surface area contributed by atoms with Crippen molar-refractivity contribution in [1.82, 2.24) is 4.98 Å². The van der Waals surface area contributed by atoms with Crippen LogP contribution in [0.1, 0.15) is 21.6 Å². The molecule has 0 radical (unpaired) electrons. The van der Waals surface area contributed by atoms with Crippen LogP contribution in [0.15, 0.2) is 84.9 Å². The van der Waals surface area contributed by atoms with Gasteiger partial charge in [0.05, 0.1) is 5.52 Å². The number of ketones is 1. The fraction of sp³-hybridized carbons (Fsp3) is 0.0833. The number of benzene rings is 3. The van der Waals surface area contributed by atoms with Gasteiger partial charge in [-0.25, -0.2) is 0 Å². The first-order chi connectivity index (χ1) is 13.7. The summed E-state index contributed by atoms with van der Waals surface area (Å²) in [4.78, 5) is 18.4. The van der Waals surface area contributed by atoms with E-state index in [0.29, 0.717) is 17.0 Å². The van der Waals surface area contributed by atoms with Gasteiger partial charge in [-0.1, -0.05) is 60.1 Å². The first-order valence-electron chi connectivity index (χ1n) is 9.18. The maximum absolute atomic E-state index is 13.6. The summed E-state index contributed by atoms with van der Waals surface area (Å²) in [5.74, 6) is 0.0420. The third-order valence-electron chi connectivity index (χ3n) is 5.33. The molecule has 1 unspecified atom stereocenters. The van der Waals surface area contributed by atoms with Crippen molar-refractivity contribution >= 4 is 34.0 Å². The van der Waals surface area contributed by atoms with Crippen LogP contribution in [0.2, 0.25) is 5.02 Å². The summed E-state index contributed by atoms with van der Waals surface area (Å²) in [6.45, 7) is 0. The lowest BCUT2D eigenvalue weighted by atomic mass is 9.81. The molecule has 4 aromatic rings. The molecule has 5 rings (SSSR count). The fourth-order valence-electron chi connectivity index (χ4n) is 3.97. The van der Waals surface area contributed by atoms with Crippen molar-refractivity contribution in [3.05, 3.63) is 107 Å². The predicted octanol–water partition coefficient (Wildman–Crippen LogP) is 5.63. The van der Waals surface area contributed by atoms with Gasteiger partial charge in [-0.3, -0.25) is 9.78 Å². The first-order valence-corrected chi connectivity index (χ1v) is 9.56. The van der Waals surface area contributed by atoms with Gasteiger partial charge in [-0.15, -0.1) is 0 Å². The number of carbonyl (C=O) groups excluding carboxylic acids is 1. The number of fused-ring (bicyclic) bond motifs is 2. The molecule has 1 aromatic heterocycles. The SMILES string of the molecule is O=C1c2ccccc2NC1(Cc1ccc2ccccc2n1)c1cccc(Cl)c1. The zero-order chi connectivity index (χ0) is 19.1. The minimum atomic E-state index is -0.927. The Hall–Kier alpha value is -3.17. The average Bonchev–Trinajstić information content (AvgIpc) is 3.01. The molecular weight excluding hydrogens is 368 g/mol. The number of hydrogen-bond donors (Lipinski definition) is 1. The summed E-state index contributed by atoms with van der Waals surface area (Å²) < 4.78 is 0. The zero-order valence-electron chi connectivity index (χ0n) is 15.0. The van der Waals surface area contributed by atoms with Gasteiger partial charge in [0, 0.05) is 33.8 Å². The van der Waals surface area contributed by atoms with E-state index in [4.69, 9.17) is 16.6 Å². The molecule has 3 aromatic carbocycles. The second-order valence-electron chi connectivity index (χ2n) is 7.09. The zero-order valence-corrected chi connectivity index (χ0v) is 15.8. The second-order valence-corrected chi connectivity index (χ2v) is 7.52. The number of para-hydroxylation sites is 2. The van der Waals surface area contributed by atoms with E-state index < -0.39 is 5.54 Å². The van der Waals surface area contributed by atoms with E-state index in [1.807, 2.05) is 78.9 Å². The van der Waals surface area contributed by atoms with E-state index in [9.17, 15) is 4.79 Å². The van der Waals surface area contributed by atoms with Crippen molar-refractivity contribution in [3.63, 3.8) is 0 Å². The van der Waals surface area contributed by atoms with E-state index in [2.05, 4.69) is 11.4 Å². The van der Waals surface area contributed by atoms with Crippen LogP contribution in [0.4, 0.5) is 5.69 Å². The summed E-state index contributed by atoms with van der Waals surface area (Å²) in [6, 6.07) is 27.2. The first kappa shape index (κ1) is 17.0. The van der Waals surface area contributed by atoms with Gasteiger partial charge in [-0.05, 0) is 42.0 Å². The molecule has 0 fully saturated rings. The molecule has 0 aliphatic carbocycles. The van der Waals surface area contributed by atoms with Crippen LogP contribution >= 0.6 is 11.6 Å². The van der Waals surface area contributed by atoms with E-state index >= 15 is 0 Å². The predicted molar refractivity (Wildman–Crippen MR) is 113 cm³/mol. The molecule has 0 spiro atoms. The van der Waals surface area contributed by atoms with Crippen LogP contribution < -0.4 is 5.32 Å². The van der Waals surface area contributed by atoms with Crippen molar-refractivity contribution in [2.24, 2.45) is 0 Å². The van der Waals surface area contributed by atoms with E-state index in [-0.39, 0.29) is 5.78 Å². The molecule has 3 nitrogen and oxygen atoms in total. The highest BCUT2D eigenvalue weighted by Crippen LogP contribution is 2.42. The quantitative estimate of drug-likeness (QED) is 0.497. The van der Waals surface area contributed by atoms with Crippen molar-refractivity contribution < 1.29 is 4.79 Å². The maximum Gasteiger partial charge on any atom is 0.195 e. The number of hydrogen-bond acceptors (Lipinski definition) is 3. The number of halogens is 1. The maximum atomic E-state index is 13.6. The normalized spacial score (nSPS) is 18.1. The molecular formula is C24H17ClN2O. The largest absolute Gasteiger partial charge is 0.368 e. The monoisotopic (exact) mass is 384 g/mol. The van der Waals surface area contributed by atoms with E-state index in [1.165, 1.54) is 0 Å². The van der Waals surface area contributed by atoms with Gasteiger partial charge in [0.1, 0.15) is 5.54 Å². The number of carbonyl (C=O) groups is 1. The van der Waals surface area contributed by atoms with Crippen LogP contribution in [-0.4, -0.2) is 10.8 Å². The topological polar surface area (TPSA) is 42.0 Å². The minimum absolute atomic E-state index is 0.0420. The number of aromatic nitrogens is 1. The Bertz CT molecular complexity index is 1220.